The van der Waals surface area contributed by atoms with Crippen LogP contribution in [0.25, 0.3) is 0 Å². The first-order valence-corrected chi connectivity index (χ1v) is 22.2. The minimum Gasteiger partial charge on any atom is -0.451 e. The molecule has 58 heavy (non-hydrogen) atoms. The predicted molar refractivity (Wildman–Crippen MR) is 208 cm³/mol. The van der Waals surface area contributed by atoms with Crippen molar-refractivity contribution in [1.82, 2.24) is 14.4 Å². The van der Waals surface area contributed by atoms with E-state index in [9.17, 15) is 41.9 Å². The van der Waals surface area contributed by atoms with Gasteiger partial charge in [-0.25, -0.2) is 19.0 Å². The molecule has 18 heteroatoms. The number of hydrogen-bond acceptors (Lipinski definition) is 12. The highest BCUT2D eigenvalue weighted by atomic mass is 32.2. The lowest BCUT2D eigenvalue weighted by molar-refractivity contribution is 0.0735. The van der Waals surface area contributed by atoms with E-state index in [1.54, 1.807) is 0 Å². The Balaban J connectivity index is 1.11. The van der Waals surface area contributed by atoms with Crippen molar-refractivity contribution in [3.63, 3.8) is 0 Å². The Labute approximate surface area is 335 Å². The van der Waals surface area contributed by atoms with Crippen LogP contribution in [0.1, 0.15) is 127 Å². The number of hydrogen-bond donors (Lipinski definition) is 6. The minimum absolute atomic E-state index is 0.0159. The number of benzene rings is 2. The molecule has 0 saturated heterocycles. The number of aryl methyl sites for hydroxylation is 1. The van der Waals surface area contributed by atoms with Gasteiger partial charge in [0.15, 0.2) is 0 Å². The van der Waals surface area contributed by atoms with E-state index in [1.807, 2.05) is 4.72 Å². The molecule has 4 aromatic rings. The number of sulfonamides is 2. The molecule has 306 valence electrons. The van der Waals surface area contributed by atoms with E-state index >= 15 is 0 Å². The molecule has 4 aliphatic carbocycles. The molecule has 2 unspecified atom stereocenters. The predicted octanol–water partition coefficient (Wildman–Crippen LogP) is 5.35. The summed E-state index contributed by atoms with van der Waals surface area (Å²) in [7, 11) is -9.00. The van der Waals surface area contributed by atoms with Gasteiger partial charge in [0.25, 0.3) is 10.0 Å². The van der Waals surface area contributed by atoms with Crippen molar-refractivity contribution in [2.75, 3.05) is 10.6 Å². The Morgan fingerprint density at radius 3 is 2.07 bits per heavy atom. The molecule has 0 bridgehead atoms. The molecular formula is C40H44N6O10S2. The number of carbonyl (C=O) groups is 2. The molecule has 0 saturated carbocycles. The van der Waals surface area contributed by atoms with Crippen molar-refractivity contribution in [3.05, 3.63) is 86.0 Å². The molecule has 6 N–H and O–H groups in total. The zero-order valence-electron chi connectivity index (χ0n) is 32.4. The number of aliphatic hydroxyl groups is 2. The van der Waals surface area contributed by atoms with Crippen LogP contribution >= 0.6 is 0 Å². The molecular weight excluding hydrogens is 789 g/mol. The summed E-state index contributed by atoms with van der Waals surface area (Å²) in [6, 6.07) is 3.78. The van der Waals surface area contributed by atoms with Gasteiger partial charge < -0.3 is 29.7 Å². The number of nitrogens with zero attached hydrogens (tertiary/aromatic N) is 2. The van der Waals surface area contributed by atoms with Gasteiger partial charge in [-0.2, -0.15) is 27.1 Å². The first-order valence-electron chi connectivity index (χ1n) is 19.2. The number of aromatic nitrogens is 1. The lowest BCUT2D eigenvalue weighted by atomic mass is 9.80. The molecule has 0 fully saturated rings. The minimum atomic E-state index is -4.53. The topological polar surface area (TPSA) is 254 Å². The summed E-state index contributed by atoms with van der Waals surface area (Å²) in [5.41, 5.74) is 6.21. The van der Waals surface area contributed by atoms with Gasteiger partial charge in [-0.3, -0.25) is 0 Å². The van der Waals surface area contributed by atoms with Crippen LogP contribution in [0.5, 0.6) is 0 Å². The summed E-state index contributed by atoms with van der Waals surface area (Å²) < 4.78 is 67.1. The number of fused-ring (bicyclic) bond motifs is 4. The number of oxazole rings is 1. The fourth-order valence-electron chi connectivity index (χ4n) is 9.21. The quantitative estimate of drug-likeness (QED) is 0.125. The van der Waals surface area contributed by atoms with Crippen LogP contribution in [0.2, 0.25) is 0 Å². The van der Waals surface area contributed by atoms with E-state index in [1.165, 1.54) is 27.7 Å². The number of amides is 4. The maximum atomic E-state index is 13.6. The first-order chi connectivity index (χ1) is 27.3. The van der Waals surface area contributed by atoms with E-state index in [4.69, 9.17) is 8.83 Å². The number of carbonyl (C=O) groups excluding carboxylic acids is 2. The lowest BCUT2D eigenvalue weighted by Gasteiger charge is -2.26. The second-order valence-corrected chi connectivity index (χ2v) is 19.7. The Morgan fingerprint density at radius 1 is 0.759 bits per heavy atom. The Kier molecular flexibility index (Phi) is 9.53. The average molecular weight is 833 g/mol. The number of anilines is 2. The van der Waals surface area contributed by atoms with Gasteiger partial charge in [0.1, 0.15) is 17.6 Å². The van der Waals surface area contributed by atoms with Gasteiger partial charge in [0, 0.05) is 23.0 Å². The zero-order chi connectivity index (χ0) is 41.5. The molecule has 2 aromatic heterocycles. The second-order valence-electron chi connectivity index (χ2n) is 16.6. The second kappa shape index (κ2) is 14.0. The number of nitrogens with one attached hydrogen (secondary N) is 4. The lowest BCUT2D eigenvalue weighted by Crippen LogP contribution is -2.35. The number of furan rings is 1. The van der Waals surface area contributed by atoms with Crippen molar-refractivity contribution < 1.29 is 45.5 Å². The summed E-state index contributed by atoms with van der Waals surface area (Å²) in [6.45, 7) is 5.80. The largest absolute Gasteiger partial charge is 0.451 e. The normalized spacial score (nSPS) is 18.6. The van der Waals surface area contributed by atoms with E-state index in [2.05, 4.69) is 32.5 Å². The Morgan fingerprint density at radius 2 is 1.40 bits per heavy atom. The maximum Gasteiger partial charge on any atom is 0.336 e. The third-order valence-corrected chi connectivity index (χ3v) is 14.2. The molecule has 2 heterocycles. The summed E-state index contributed by atoms with van der Waals surface area (Å²) >= 11 is 0. The third kappa shape index (κ3) is 6.93. The van der Waals surface area contributed by atoms with Crippen molar-refractivity contribution >= 4 is 43.5 Å². The van der Waals surface area contributed by atoms with Crippen LogP contribution in [0.15, 0.2) is 43.8 Å². The number of urea groups is 2. The van der Waals surface area contributed by atoms with Crippen LogP contribution in [0, 0.1) is 11.3 Å². The number of rotatable bonds is 9. The summed E-state index contributed by atoms with van der Waals surface area (Å²) in [5, 5.41) is 35.4. The Hall–Kier alpha value is -5.22. The fourth-order valence-corrected chi connectivity index (χ4v) is 10.8. The highest BCUT2D eigenvalue weighted by Crippen LogP contribution is 2.56. The van der Waals surface area contributed by atoms with E-state index in [0.717, 1.165) is 82.4 Å². The van der Waals surface area contributed by atoms with Crippen LogP contribution in [0.4, 0.5) is 21.0 Å². The van der Waals surface area contributed by atoms with Gasteiger partial charge in [-0.15, -0.1) is 0 Å². The molecule has 8 rings (SSSR count). The molecule has 0 radical (unpaired) electrons. The average Bonchev–Trinajstić information content (AvgIpc) is 3.98. The number of nitriles is 1. The SMILES string of the molecule is CC(C)(O)c1coc(S(=O)(=O)NC(=O)Nc2c3c(c(C#N)c4c2C(C2CCc5c2cc2c(c5NC(=O)NS(=O)(=O)c5nc(C(C)(C)O)co5)CCC2)CC4)CCC3)c1. The summed E-state index contributed by atoms with van der Waals surface area (Å²) in [6.07, 6.45) is 8.94. The smallest absolute Gasteiger partial charge is 0.336 e. The van der Waals surface area contributed by atoms with Crippen molar-refractivity contribution in [2.45, 2.75) is 125 Å². The van der Waals surface area contributed by atoms with E-state index in [0.29, 0.717) is 61.9 Å². The molecule has 4 amide bonds. The van der Waals surface area contributed by atoms with Crippen LogP contribution < -0.4 is 20.1 Å². The van der Waals surface area contributed by atoms with Gasteiger partial charge in [-0.1, -0.05) is 6.07 Å². The monoisotopic (exact) mass is 832 g/mol. The highest BCUT2D eigenvalue weighted by molar-refractivity contribution is 7.90. The maximum absolute atomic E-state index is 13.6. The van der Waals surface area contributed by atoms with E-state index in [-0.39, 0.29) is 23.1 Å². The summed E-state index contributed by atoms with van der Waals surface area (Å²) in [5.74, 6) is -0.263. The van der Waals surface area contributed by atoms with E-state index < -0.39 is 53.6 Å². The van der Waals surface area contributed by atoms with Gasteiger partial charge >= 0.3 is 27.3 Å². The van der Waals surface area contributed by atoms with Crippen LogP contribution in [-0.4, -0.2) is 44.1 Å². The van der Waals surface area contributed by atoms with Gasteiger partial charge in [0.05, 0.1) is 23.5 Å². The summed E-state index contributed by atoms with van der Waals surface area (Å²) in [4.78, 5) is 30.9. The standard InChI is InChI=1S/C40H44N6O10S2/c1-39(2,49)21-16-32(55-18-21)57(51,52)45-37(48)44-35-27-10-6-9-23(27)30(17-41)26-13-12-25(33(26)35)24-11-14-28-29(24)15-20-7-5-8-22(20)34(28)43-36(47)46-58(53,54)38-42-31(19-56-38)40(3,4)50/h15-16,18-19,24-25,49-50H,5-14H2,1-4H3,(H2,43,46,47)(H2,44,45,48). The molecule has 0 spiro atoms. The molecule has 2 aromatic carbocycles. The molecule has 2 atom stereocenters. The van der Waals surface area contributed by atoms with Gasteiger partial charge in [-0.05, 0) is 148 Å². The van der Waals surface area contributed by atoms with Gasteiger partial charge in [0.2, 0.25) is 5.09 Å². The third-order valence-electron chi connectivity index (χ3n) is 11.9. The van der Waals surface area contributed by atoms with Crippen molar-refractivity contribution in [1.29, 1.82) is 5.26 Å². The molecule has 0 aliphatic heterocycles. The first kappa shape index (κ1) is 39.6. The molecule has 16 nitrogen and oxygen atoms in total. The zero-order valence-corrected chi connectivity index (χ0v) is 34.0. The van der Waals surface area contributed by atoms with Crippen LogP contribution in [0.3, 0.4) is 0 Å². The highest BCUT2D eigenvalue weighted by Gasteiger charge is 2.42. The van der Waals surface area contributed by atoms with Crippen molar-refractivity contribution in [2.24, 2.45) is 0 Å². The Bertz CT molecular complexity index is 2660. The van der Waals surface area contributed by atoms with Crippen LogP contribution in [-0.2, 0) is 69.8 Å². The molecule has 4 aliphatic rings. The van der Waals surface area contributed by atoms with Crippen molar-refractivity contribution in [3.8, 4) is 6.07 Å². The fraction of sp³-hybridized carbons (Fsp3) is 0.450.